The third-order valence-electron chi connectivity index (χ3n) is 2.69. The van der Waals surface area contributed by atoms with E-state index in [1.165, 1.54) is 0 Å². The standard InChI is InChI=1S/C14H24N2OS/c1-10(2)17-12-8-6-7-11(13(12)15)16-9-14(3,4)18-5/h6-8,10,16H,9,15H2,1-5H3. The van der Waals surface area contributed by atoms with Crippen LogP contribution in [-0.4, -0.2) is 23.7 Å². The average Bonchev–Trinajstić information content (AvgIpc) is 2.30. The minimum Gasteiger partial charge on any atom is -0.489 e. The summed E-state index contributed by atoms with van der Waals surface area (Å²) in [5, 5.41) is 3.39. The van der Waals surface area contributed by atoms with Gasteiger partial charge in [0.05, 0.1) is 17.5 Å². The summed E-state index contributed by atoms with van der Waals surface area (Å²) in [4.78, 5) is 0. The Morgan fingerprint density at radius 1 is 1.39 bits per heavy atom. The molecule has 0 bridgehead atoms. The van der Waals surface area contributed by atoms with Gasteiger partial charge in [0.2, 0.25) is 0 Å². The maximum absolute atomic E-state index is 6.11. The molecule has 0 spiro atoms. The van der Waals surface area contributed by atoms with E-state index in [2.05, 4.69) is 25.4 Å². The van der Waals surface area contributed by atoms with Gasteiger partial charge in [0.1, 0.15) is 5.75 Å². The smallest absolute Gasteiger partial charge is 0.144 e. The largest absolute Gasteiger partial charge is 0.489 e. The van der Waals surface area contributed by atoms with Crippen LogP contribution in [0.25, 0.3) is 0 Å². The number of rotatable bonds is 6. The van der Waals surface area contributed by atoms with Gasteiger partial charge in [0.15, 0.2) is 0 Å². The molecule has 0 aliphatic rings. The van der Waals surface area contributed by atoms with Crippen LogP contribution in [0.5, 0.6) is 5.75 Å². The Labute approximate surface area is 114 Å². The summed E-state index contributed by atoms with van der Waals surface area (Å²) < 4.78 is 5.86. The molecule has 1 rings (SSSR count). The highest BCUT2D eigenvalue weighted by molar-refractivity contribution is 7.99. The molecule has 0 aromatic heterocycles. The SMILES string of the molecule is CSC(C)(C)CNc1cccc(OC(C)C)c1N. The summed E-state index contributed by atoms with van der Waals surface area (Å²) in [5.41, 5.74) is 7.73. The maximum Gasteiger partial charge on any atom is 0.144 e. The molecule has 3 N–H and O–H groups in total. The molecule has 1 aromatic carbocycles. The molecular formula is C14H24N2OS. The van der Waals surface area contributed by atoms with Crippen molar-refractivity contribution in [2.45, 2.75) is 38.5 Å². The fraction of sp³-hybridized carbons (Fsp3) is 0.571. The quantitative estimate of drug-likeness (QED) is 0.774. The Hall–Kier alpha value is -1.03. The number of thioether (sulfide) groups is 1. The molecule has 0 unspecified atom stereocenters. The minimum atomic E-state index is 0.130. The molecule has 0 aliphatic carbocycles. The van der Waals surface area contributed by atoms with Gasteiger partial charge in [-0.2, -0.15) is 11.8 Å². The number of para-hydroxylation sites is 1. The average molecular weight is 268 g/mol. The Kier molecular flexibility index (Phi) is 5.20. The number of hydrogen-bond donors (Lipinski definition) is 2. The first-order valence-electron chi connectivity index (χ1n) is 6.20. The van der Waals surface area contributed by atoms with Gasteiger partial charge in [-0.1, -0.05) is 6.07 Å². The molecule has 0 radical (unpaired) electrons. The van der Waals surface area contributed by atoms with Gasteiger partial charge in [-0.25, -0.2) is 0 Å². The van der Waals surface area contributed by atoms with Crippen LogP contribution in [0.15, 0.2) is 18.2 Å². The topological polar surface area (TPSA) is 47.3 Å². The summed E-state index contributed by atoms with van der Waals surface area (Å²) in [6.07, 6.45) is 2.24. The van der Waals surface area contributed by atoms with Crippen LogP contribution < -0.4 is 15.8 Å². The fourth-order valence-electron chi connectivity index (χ4n) is 1.44. The molecule has 3 nitrogen and oxygen atoms in total. The first-order valence-corrected chi connectivity index (χ1v) is 7.42. The van der Waals surface area contributed by atoms with E-state index in [-0.39, 0.29) is 10.9 Å². The van der Waals surface area contributed by atoms with Crippen LogP contribution in [-0.2, 0) is 0 Å². The number of nitrogen functional groups attached to an aromatic ring is 1. The number of nitrogens with one attached hydrogen (secondary N) is 1. The van der Waals surface area contributed by atoms with Crippen molar-refractivity contribution in [1.82, 2.24) is 0 Å². The van der Waals surface area contributed by atoms with E-state index in [9.17, 15) is 0 Å². The normalized spacial score (nSPS) is 11.7. The maximum atomic E-state index is 6.11. The molecule has 0 saturated heterocycles. The van der Waals surface area contributed by atoms with Gasteiger partial charge in [0, 0.05) is 11.3 Å². The Balaban J connectivity index is 2.78. The van der Waals surface area contributed by atoms with Crippen LogP contribution in [0.2, 0.25) is 0 Å². The monoisotopic (exact) mass is 268 g/mol. The summed E-state index contributed by atoms with van der Waals surface area (Å²) in [6.45, 7) is 9.26. The lowest BCUT2D eigenvalue weighted by molar-refractivity contribution is 0.244. The Morgan fingerprint density at radius 2 is 2.06 bits per heavy atom. The zero-order valence-electron chi connectivity index (χ0n) is 11.9. The molecule has 102 valence electrons. The van der Waals surface area contributed by atoms with Crippen molar-refractivity contribution in [3.05, 3.63) is 18.2 Å². The highest BCUT2D eigenvalue weighted by atomic mass is 32.2. The lowest BCUT2D eigenvalue weighted by Crippen LogP contribution is -2.26. The van der Waals surface area contributed by atoms with Crippen molar-refractivity contribution in [3.63, 3.8) is 0 Å². The third-order valence-corrected chi connectivity index (χ3v) is 3.94. The summed E-state index contributed by atoms with van der Waals surface area (Å²) in [5.74, 6) is 0.747. The number of ether oxygens (including phenoxy) is 1. The molecule has 0 aliphatic heterocycles. The molecule has 18 heavy (non-hydrogen) atoms. The van der Waals surface area contributed by atoms with Crippen molar-refractivity contribution >= 4 is 23.1 Å². The highest BCUT2D eigenvalue weighted by Gasteiger charge is 2.16. The van der Waals surface area contributed by atoms with Crippen molar-refractivity contribution in [1.29, 1.82) is 0 Å². The van der Waals surface area contributed by atoms with E-state index >= 15 is 0 Å². The van der Waals surface area contributed by atoms with E-state index in [1.54, 1.807) is 0 Å². The fourth-order valence-corrected chi connectivity index (χ4v) is 1.65. The van der Waals surface area contributed by atoms with Gasteiger partial charge in [-0.15, -0.1) is 0 Å². The summed E-state index contributed by atoms with van der Waals surface area (Å²) >= 11 is 1.83. The third kappa shape index (κ3) is 4.33. The van der Waals surface area contributed by atoms with Gasteiger partial charge < -0.3 is 15.8 Å². The number of hydrogen-bond acceptors (Lipinski definition) is 4. The van der Waals surface area contributed by atoms with Crippen molar-refractivity contribution in [3.8, 4) is 5.75 Å². The zero-order chi connectivity index (χ0) is 13.8. The van der Waals surface area contributed by atoms with Crippen LogP contribution in [0.4, 0.5) is 11.4 Å². The van der Waals surface area contributed by atoms with Crippen LogP contribution in [0, 0.1) is 0 Å². The number of benzene rings is 1. The summed E-state index contributed by atoms with van der Waals surface area (Å²) in [6, 6.07) is 5.85. The predicted molar refractivity (Wildman–Crippen MR) is 82.7 cm³/mol. The Morgan fingerprint density at radius 3 is 2.61 bits per heavy atom. The molecule has 0 amide bonds. The first kappa shape index (κ1) is 15.0. The second-order valence-corrected chi connectivity index (χ2v) is 6.71. The second-order valence-electron chi connectivity index (χ2n) is 5.20. The van der Waals surface area contributed by atoms with Crippen molar-refractivity contribution in [2.24, 2.45) is 0 Å². The van der Waals surface area contributed by atoms with Gasteiger partial charge in [-0.3, -0.25) is 0 Å². The molecule has 4 heteroatoms. The van der Waals surface area contributed by atoms with E-state index in [1.807, 2.05) is 43.8 Å². The number of anilines is 2. The van der Waals surface area contributed by atoms with Crippen LogP contribution in [0.1, 0.15) is 27.7 Å². The van der Waals surface area contributed by atoms with Gasteiger partial charge in [-0.05, 0) is 46.1 Å². The zero-order valence-corrected chi connectivity index (χ0v) is 12.7. The van der Waals surface area contributed by atoms with Crippen molar-refractivity contribution in [2.75, 3.05) is 23.9 Å². The van der Waals surface area contributed by atoms with Gasteiger partial charge in [0.25, 0.3) is 0 Å². The van der Waals surface area contributed by atoms with Crippen LogP contribution >= 0.6 is 11.8 Å². The molecule has 0 atom stereocenters. The first-order chi connectivity index (χ1) is 8.35. The van der Waals surface area contributed by atoms with Gasteiger partial charge >= 0.3 is 0 Å². The van der Waals surface area contributed by atoms with E-state index < -0.39 is 0 Å². The second kappa shape index (κ2) is 6.23. The summed E-state index contributed by atoms with van der Waals surface area (Å²) in [7, 11) is 0. The predicted octanol–water partition coefficient (Wildman–Crippen LogP) is 3.61. The van der Waals surface area contributed by atoms with E-state index in [4.69, 9.17) is 10.5 Å². The van der Waals surface area contributed by atoms with Crippen molar-refractivity contribution < 1.29 is 4.74 Å². The molecule has 0 saturated carbocycles. The number of nitrogens with two attached hydrogens (primary N) is 1. The van der Waals surface area contributed by atoms with E-state index in [0.29, 0.717) is 5.69 Å². The Bertz CT molecular complexity index is 391. The molecule has 1 aromatic rings. The lowest BCUT2D eigenvalue weighted by Gasteiger charge is -2.24. The molecular weight excluding hydrogens is 244 g/mol. The minimum absolute atomic E-state index is 0.130. The lowest BCUT2D eigenvalue weighted by atomic mass is 10.2. The van der Waals surface area contributed by atoms with Crippen LogP contribution in [0.3, 0.4) is 0 Å². The van der Waals surface area contributed by atoms with E-state index in [0.717, 1.165) is 18.0 Å². The molecule has 0 fully saturated rings. The molecule has 0 heterocycles. The highest BCUT2D eigenvalue weighted by Crippen LogP contribution is 2.31.